The molecule has 0 spiro atoms. The molecule has 136 valence electrons. The number of azide groups is 1. The van der Waals surface area contributed by atoms with E-state index in [9.17, 15) is 5.53 Å². The van der Waals surface area contributed by atoms with E-state index in [4.69, 9.17) is 0 Å². The Bertz CT molecular complexity index is 965. The highest BCUT2D eigenvalue weighted by molar-refractivity contribution is 5.92. The van der Waals surface area contributed by atoms with Gasteiger partial charge in [0.25, 0.3) is 0 Å². The lowest BCUT2D eigenvalue weighted by molar-refractivity contribution is 1.30. The van der Waals surface area contributed by atoms with Crippen molar-refractivity contribution in [1.82, 2.24) is 0 Å². The van der Waals surface area contributed by atoms with Crippen LogP contribution in [0.1, 0.15) is 33.4 Å². The van der Waals surface area contributed by atoms with Crippen LogP contribution in [-0.4, -0.2) is 0 Å². The summed E-state index contributed by atoms with van der Waals surface area (Å²) in [6.45, 7) is 12.7. The molecule has 0 aliphatic rings. The van der Waals surface area contributed by atoms with E-state index in [1.807, 2.05) is 0 Å². The van der Waals surface area contributed by atoms with E-state index >= 15 is 0 Å². The molecule has 0 aliphatic carbocycles. The minimum Gasteiger partial charge on any atom is -0.0610 e. The summed E-state index contributed by atoms with van der Waals surface area (Å²) in [6.07, 6.45) is 0. The van der Waals surface area contributed by atoms with Crippen LogP contribution in [0.3, 0.4) is 0 Å². The molecule has 0 bridgehead atoms. The molecule has 27 heavy (non-hydrogen) atoms. The molecule has 0 unspecified atom stereocenters. The molecule has 3 aromatic rings. The summed E-state index contributed by atoms with van der Waals surface area (Å²) in [5, 5.41) is 4.15. The first-order valence-corrected chi connectivity index (χ1v) is 9.18. The van der Waals surface area contributed by atoms with E-state index in [-0.39, 0.29) is 0 Å². The fraction of sp³-hybridized carbons (Fsp3) is 0.250. The quantitative estimate of drug-likeness (QED) is 0.261. The van der Waals surface area contributed by atoms with Crippen LogP contribution in [0, 0.1) is 41.5 Å². The van der Waals surface area contributed by atoms with Crippen molar-refractivity contribution in [3.05, 3.63) is 86.3 Å². The summed E-state index contributed by atoms with van der Waals surface area (Å²) >= 11 is 0. The second kappa shape index (κ2) is 7.30. The Balaban J connectivity index is 2.39. The fourth-order valence-electron chi connectivity index (χ4n) is 4.31. The van der Waals surface area contributed by atoms with Crippen LogP contribution < -0.4 is 0 Å². The Labute approximate surface area is 161 Å². The first kappa shape index (κ1) is 18.8. The Kier molecular flexibility index (Phi) is 5.07. The van der Waals surface area contributed by atoms with Crippen LogP contribution >= 0.6 is 0 Å². The van der Waals surface area contributed by atoms with Crippen LogP contribution in [0.4, 0.5) is 5.69 Å². The minimum absolute atomic E-state index is 0.699. The van der Waals surface area contributed by atoms with Gasteiger partial charge in [-0.1, -0.05) is 58.7 Å². The zero-order valence-corrected chi connectivity index (χ0v) is 16.9. The summed E-state index contributed by atoms with van der Waals surface area (Å²) in [5.41, 5.74) is 21.5. The van der Waals surface area contributed by atoms with E-state index in [0.717, 1.165) is 22.3 Å². The molecular formula is C24H25N3. The summed E-state index contributed by atoms with van der Waals surface area (Å²) < 4.78 is 0. The lowest BCUT2D eigenvalue weighted by Gasteiger charge is -2.19. The van der Waals surface area contributed by atoms with Gasteiger partial charge in [0.1, 0.15) is 0 Å². The topological polar surface area (TPSA) is 48.8 Å². The van der Waals surface area contributed by atoms with Crippen molar-refractivity contribution >= 4 is 5.69 Å². The van der Waals surface area contributed by atoms with Gasteiger partial charge < -0.3 is 0 Å². The van der Waals surface area contributed by atoms with Gasteiger partial charge in [-0.3, -0.25) is 0 Å². The molecule has 3 aromatic carbocycles. The van der Waals surface area contributed by atoms with Crippen molar-refractivity contribution in [3.8, 4) is 22.3 Å². The number of aryl methyl sites for hydroxylation is 6. The molecule has 0 atom stereocenters. The van der Waals surface area contributed by atoms with Gasteiger partial charge in [0, 0.05) is 4.91 Å². The third kappa shape index (κ3) is 3.47. The second-order valence-electron chi connectivity index (χ2n) is 7.44. The molecule has 0 saturated heterocycles. The largest absolute Gasteiger partial charge is 0.0610 e. The van der Waals surface area contributed by atoms with Crippen molar-refractivity contribution < 1.29 is 0 Å². The van der Waals surface area contributed by atoms with Crippen molar-refractivity contribution in [3.63, 3.8) is 0 Å². The zero-order valence-electron chi connectivity index (χ0n) is 16.9. The average Bonchev–Trinajstić information content (AvgIpc) is 2.55. The van der Waals surface area contributed by atoms with Crippen LogP contribution in [0.5, 0.6) is 0 Å². The summed E-state index contributed by atoms with van der Waals surface area (Å²) in [5.74, 6) is 0. The Morgan fingerprint density at radius 2 is 1.04 bits per heavy atom. The lowest BCUT2D eigenvalue weighted by atomic mass is 9.87. The predicted octanol–water partition coefficient (Wildman–Crippen LogP) is 7.81. The standard InChI is InChI=1S/C24H25N3/c1-14-10-16(3)22(17(4)11-14)20-8-7-9-21(24(20)26-27-25)23-18(5)12-15(2)13-19(23)6/h7-13H,1-6H3. The molecule has 0 fully saturated rings. The molecule has 0 amide bonds. The molecule has 0 N–H and O–H groups in total. The molecule has 0 aromatic heterocycles. The third-order valence-corrected chi connectivity index (χ3v) is 5.07. The van der Waals surface area contributed by atoms with Crippen LogP contribution in [0.15, 0.2) is 47.6 Å². The molecule has 0 aliphatic heterocycles. The number of benzene rings is 3. The van der Waals surface area contributed by atoms with Crippen molar-refractivity contribution in [2.75, 3.05) is 0 Å². The fourth-order valence-corrected chi connectivity index (χ4v) is 4.31. The van der Waals surface area contributed by atoms with Crippen LogP contribution in [-0.2, 0) is 0 Å². The maximum absolute atomic E-state index is 9.29. The molecule has 0 saturated carbocycles. The maximum atomic E-state index is 9.29. The smallest absolute Gasteiger partial charge is 0.0532 e. The Hall–Kier alpha value is -3.03. The highest BCUT2D eigenvalue weighted by Gasteiger charge is 2.17. The van der Waals surface area contributed by atoms with Gasteiger partial charge in [-0.25, -0.2) is 0 Å². The minimum atomic E-state index is 0.699. The van der Waals surface area contributed by atoms with Gasteiger partial charge in [-0.2, -0.15) is 0 Å². The zero-order chi connectivity index (χ0) is 19.7. The van der Waals surface area contributed by atoms with E-state index in [1.165, 1.54) is 33.4 Å². The first-order valence-electron chi connectivity index (χ1n) is 9.18. The lowest BCUT2D eigenvalue weighted by Crippen LogP contribution is -1.94. The third-order valence-electron chi connectivity index (χ3n) is 5.07. The summed E-state index contributed by atoms with van der Waals surface area (Å²) in [7, 11) is 0. The highest BCUT2D eigenvalue weighted by Crippen LogP contribution is 2.43. The first-order chi connectivity index (χ1) is 12.8. The van der Waals surface area contributed by atoms with E-state index in [2.05, 4.69) is 94.0 Å². The highest BCUT2D eigenvalue weighted by atomic mass is 15.1. The van der Waals surface area contributed by atoms with Crippen LogP contribution in [0.2, 0.25) is 0 Å². The van der Waals surface area contributed by atoms with Gasteiger partial charge in [0.05, 0.1) is 5.69 Å². The van der Waals surface area contributed by atoms with Crippen molar-refractivity contribution in [2.24, 2.45) is 5.11 Å². The molecule has 0 heterocycles. The monoisotopic (exact) mass is 355 g/mol. The Morgan fingerprint density at radius 3 is 1.37 bits per heavy atom. The number of nitrogens with zero attached hydrogens (tertiary/aromatic N) is 3. The van der Waals surface area contributed by atoms with Crippen molar-refractivity contribution in [2.45, 2.75) is 41.5 Å². The van der Waals surface area contributed by atoms with E-state index in [1.54, 1.807) is 0 Å². The maximum Gasteiger partial charge on any atom is 0.0532 e. The van der Waals surface area contributed by atoms with E-state index < -0.39 is 0 Å². The summed E-state index contributed by atoms with van der Waals surface area (Å²) in [6, 6.07) is 14.9. The molecule has 0 radical (unpaired) electrons. The van der Waals surface area contributed by atoms with Gasteiger partial charge in [0.2, 0.25) is 0 Å². The van der Waals surface area contributed by atoms with E-state index in [0.29, 0.717) is 5.69 Å². The van der Waals surface area contributed by atoms with Gasteiger partial charge in [0.15, 0.2) is 0 Å². The van der Waals surface area contributed by atoms with Gasteiger partial charge in [-0.15, -0.1) is 0 Å². The SMILES string of the molecule is Cc1cc(C)c(-c2cccc(-c3c(C)cc(C)cc3C)c2N=[N+]=[N-])c(C)c1. The molecule has 3 nitrogen and oxygen atoms in total. The molecular weight excluding hydrogens is 330 g/mol. The normalized spacial score (nSPS) is 10.6. The summed E-state index contributed by atoms with van der Waals surface area (Å²) in [4.78, 5) is 3.16. The molecule has 3 rings (SSSR count). The van der Waals surface area contributed by atoms with Gasteiger partial charge in [-0.05, 0) is 91.6 Å². The number of hydrogen-bond donors (Lipinski definition) is 0. The van der Waals surface area contributed by atoms with Crippen molar-refractivity contribution in [1.29, 1.82) is 0 Å². The molecule has 3 heteroatoms. The van der Waals surface area contributed by atoms with Crippen LogP contribution in [0.25, 0.3) is 32.7 Å². The number of hydrogen-bond acceptors (Lipinski definition) is 1. The second-order valence-corrected chi connectivity index (χ2v) is 7.44. The van der Waals surface area contributed by atoms with Gasteiger partial charge >= 0.3 is 0 Å². The predicted molar refractivity (Wildman–Crippen MR) is 115 cm³/mol. The number of rotatable bonds is 3. The Morgan fingerprint density at radius 1 is 0.667 bits per heavy atom. The average molecular weight is 355 g/mol.